The highest BCUT2D eigenvalue weighted by molar-refractivity contribution is 5.76. The van der Waals surface area contributed by atoms with Crippen molar-refractivity contribution in [1.82, 2.24) is 9.97 Å². The molecule has 234 valence electrons. The maximum atomic E-state index is 11.2. The van der Waals surface area contributed by atoms with Gasteiger partial charge < -0.3 is 30.1 Å². The van der Waals surface area contributed by atoms with E-state index < -0.39 is 5.97 Å². The van der Waals surface area contributed by atoms with Crippen molar-refractivity contribution in [2.75, 3.05) is 36.9 Å². The van der Waals surface area contributed by atoms with Gasteiger partial charge in [-0.3, -0.25) is 4.79 Å². The summed E-state index contributed by atoms with van der Waals surface area (Å²) in [6, 6.07) is 13.3. The Balaban J connectivity index is 1.01. The van der Waals surface area contributed by atoms with Gasteiger partial charge in [0.15, 0.2) is 5.75 Å². The molecule has 0 atom stereocenters. The highest BCUT2D eigenvalue weighted by atomic mass is 17.1. The number of nitrogens with zero attached hydrogens (tertiary/aromatic N) is 3. The van der Waals surface area contributed by atoms with Crippen molar-refractivity contribution in [3.8, 4) is 22.8 Å². The number of hydrogen-bond acceptors (Lipinski definition) is 9. The van der Waals surface area contributed by atoms with Gasteiger partial charge in [0.2, 0.25) is 5.95 Å². The van der Waals surface area contributed by atoms with Gasteiger partial charge in [-0.15, -0.1) is 0 Å². The maximum absolute atomic E-state index is 11.2. The Labute approximate surface area is 258 Å². The van der Waals surface area contributed by atoms with Gasteiger partial charge >= 0.3 is 5.97 Å². The van der Waals surface area contributed by atoms with Crippen LogP contribution in [0.5, 0.6) is 11.5 Å². The predicted octanol–water partition coefficient (Wildman–Crippen LogP) is 5.77. The van der Waals surface area contributed by atoms with E-state index in [1.807, 2.05) is 18.2 Å². The van der Waals surface area contributed by atoms with Crippen LogP contribution in [0.2, 0.25) is 0 Å². The molecule has 2 aromatic carbocycles. The van der Waals surface area contributed by atoms with Crippen molar-refractivity contribution >= 4 is 17.7 Å². The molecule has 6 rings (SSSR count). The van der Waals surface area contributed by atoms with Gasteiger partial charge in [-0.25, -0.2) is 10.2 Å². The number of aliphatic carboxylic acids is 1. The van der Waals surface area contributed by atoms with E-state index in [-0.39, 0.29) is 5.92 Å². The molecule has 4 N–H and O–H groups in total. The summed E-state index contributed by atoms with van der Waals surface area (Å²) in [5.41, 5.74) is 11.6. The SMILES string of the molecule is Nc1nc2c(c(N3CCC(CCOCC4CCC(C(=O)O)CC4)CC3)n1)CCc1cc(OCc3ccc(OO)cc3)ccc1-2. The summed E-state index contributed by atoms with van der Waals surface area (Å²) >= 11 is 0. The molecule has 2 aliphatic carbocycles. The minimum Gasteiger partial charge on any atom is -0.489 e. The molecule has 2 fully saturated rings. The smallest absolute Gasteiger partial charge is 0.306 e. The van der Waals surface area contributed by atoms with Crippen LogP contribution in [0, 0.1) is 17.8 Å². The fraction of sp³-hybridized carbons (Fsp3) is 0.500. The molecule has 0 spiro atoms. The second-order valence-corrected chi connectivity index (χ2v) is 12.4. The van der Waals surface area contributed by atoms with E-state index in [0.29, 0.717) is 30.1 Å². The van der Waals surface area contributed by atoms with Crippen LogP contribution in [0.3, 0.4) is 0 Å². The van der Waals surface area contributed by atoms with Crippen molar-refractivity contribution in [3.05, 3.63) is 59.2 Å². The lowest BCUT2D eigenvalue weighted by Crippen LogP contribution is -2.36. The summed E-state index contributed by atoms with van der Waals surface area (Å²) in [7, 11) is 0. The second kappa shape index (κ2) is 13.8. The van der Waals surface area contributed by atoms with Crippen LogP contribution in [0.25, 0.3) is 11.3 Å². The Morgan fingerprint density at radius 1 is 0.932 bits per heavy atom. The van der Waals surface area contributed by atoms with Crippen LogP contribution in [0.15, 0.2) is 42.5 Å². The number of anilines is 2. The molecule has 0 bridgehead atoms. The fourth-order valence-corrected chi connectivity index (χ4v) is 6.88. The van der Waals surface area contributed by atoms with Crippen molar-refractivity contribution in [2.24, 2.45) is 17.8 Å². The van der Waals surface area contributed by atoms with Gasteiger partial charge in [-0.2, -0.15) is 4.98 Å². The quantitative estimate of drug-likeness (QED) is 0.141. The van der Waals surface area contributed by atoms with Crippen molar-refractivity contribution < 1.29 is 29.5 Å². The van der Waals surface area contributed by atoms with Crippen LogP contribution in [-0.4, -0.2) is 52.6 Å². The van der Waals surface area contributed by atoms with Gasteiger partial charge in [-0.1, -0.05) is 12.1 Å². The number of rotatable bonds is 11. The average molecular weight is 603 g/mol. The number of fused-ring (bicyclic) bond motifs is 3. The molecular formula is C34H42N4O6. The molecule has 2 heterocycles. The third-order valence-corrected chi connectivity index (χ3v) is 9.55. The highest BCUT2D eigenvalue weighted by Crippen LogP contribution is 2.39. The van der Waals surface area contributed by atoms with Crippen LogP contribution in [-0.2, 0) is 29.0 Å². The standard InChI is InChI=1S/C34H42N4O6/c35-34-36-31-29-12-10-28(43-21-24-3-8-27(44-41)9-4-24)19-26(29)7-11-30(31)32(37-34)38-16-13-22(14-17-38)15-18-42-20-23-1-5-25(6-2-23)33(39)40/h3-4,8-10,12,19,22-23,25,41H,1-2,5-7,11,13-18,20-21H2,(H,39,40)(H2,35,36,37). The molecule has 3 aromatic rings. The number of hydrogen-bond donors (Lipinski definition) is 3. The van der Waals surface area contributed by atoms with E-state index in [0.717, 1.165) is 112 Å². The van der Waals surface area contributed by atoms with Crippen LogP contribution in [0.1, 0.15) is 61.6 Å². The van der Waals surface area contributed by atoms with Crippen molar-refractivity contribution in [3.63, 3.8) is 0 Å². The number of carboxylic acids is 1. The Morgan fingerprint density at radius 2 is 1.68 bits per heavy atom. The summed E-state index contributed by atoms with van der Waals surface area (Å²) in [5.74, 6) is 2.77. The summed E-state index contributed by atoms with van der Waals surface area (Å²) < 4.78 is 12.1. The number of benzene rings is 2. The zero-order valence-corrected chi connectivity index (χ0v) is 25.1. The molecule has 10 nitrogen and oxygen atoms in total. The van der Waals surface area contributed by atoms with E-state index in [1.54, 1.807) is 12.1 Å². The monoisotopic (exact) mass is 602 g/mol. The van der Waals surface area contributed by atoms with Crippen LogP contribution in [0.4, 0.5) is 11.8 Å². The number of carboxylic acid groups (broad SMARTS) is 1. The molecule has 1 saturated carbocycles. The van der Waals surface area contributed by atoms with Gasteiger partial charge in [0, 0.05) is 37.4 Å². The molecule has 0 radical (unpaired) electrons. The lowest BCUT2D eigenvalue weighted by atomic mass is 9.82. The second-order valence-electron chi connectivity index (χ2n) is 12.4. The summed E-state index contributed by atoms with van der Waals surface area (Å²) in [4.78, 5) is 27.2. The first kappa shape index (κ1) is 30.1. The number of carbonyl (C=O) groups is 1. The Kier molecular flexibility index (Phi) is 9.47. The normalized spacial score (nSPS) is 20.1. The number of piperidine rings is 1. The highest BCUT2D eigenvalue weighted by Gasteiger charge is 2.29. The van der Waals surface area contributed by atoms with Crippen LogP contribution >= 0.6 is 0 Å². The zero-order valence-electron chi connectivity index (χ0n) is 25.1. The van der Waals surface area contributed by atoms with Crippen molar-refractivity contribution in [2.45, 2.75) is 64.4 Å². The molecule has 1 aliphatic heterocycles. The molecule has 10 heteroatoms. The first-order valence-electron chi connectivity index (χ1n) is 15.8. The van der Waals surface area contributed by atoms with E-state index in [1.165, 1.54) is 11.1 Å². The fourth-order valence-electron chi connectivity index (χ4n) is 6.88. The molecule has 0 unspecified atom stereocenters. The maximum Gasteiger partial charge on any atom is 0.306 e. The topological polar surface area (TPSA) is 140 Å². The molecule has 1 saturated heterocycles. The first-order chi connectivity index (χ1) is 21.5. The largest absolute Gasteiger partial charge is 0.489 e. The van der Waals surface area contributed by atoms with E-state index in [4.69, 9.17) is 25.4 Å². The van der Waals surface area contributed by atoms with Crippen molar-refractivity contribution in [1.29, 1.82) is 0 Å². The molecule has 0 amide bonds. The number of aromatic nitrogens is 2. The number of aryl methyl sites for hydroxylation is 1. The van der Waals surface area contributed by atoms with E-state index in [9.17, 15) is 9.90 Å². The van der Waals surface area contributed by atoms with Gasteiger partial charge in [0.25, 0.3) is 0 Å². The summed E-state index contributed by atoms with van der Waals surface area (Å²) in [5, 5.41) is 18.0. The predicted molar refractivity (Wildman–Crippen MR) is 167 cm³/mol. The lowest BCUT2D eigenvalue weighted by Gasteiger charge is -2.35. The third-order valence-electron chi connectivity index (χ3n) is 9.55. The molecule has 3 aliphatic rings. The number of nitrogen functional groups attached to an aromatic ring is 1. The number of ether oxygens (including phenoxy) is 2. The molecule has 44 heavy (non-hydrogen) atoms. The zero-order chi connectivity index (χ0) is 30.5. The third kappa shape index (κ3) is 7.08. The molecular weight excluding hydrogens is 560 g/mol. The van der Waals surface area contributed by atoms with Gasteiger partial charge in [-0.05, 0) is 111 Å². The minimum atomic E-state index is -0.651. The van der Waals surface area contributed by atoms with E-state index in [2.05, 4.69) is 26.9 Å². The summed E-state index contributed by atoms with van der Waals surface area (Å²) in [6.45, 7) is 3.82. The van der Waals surface area contributed by atoms with Gasteiger partial charge in [0.05, 0.1) is 11.6 Å². The Hall–Kier alpha value is -3.89. The Morgan fingerprint density at radius 3 is 2.41 bits per heavy atom. The number of nitrogens with two attached hydrogens (primary N) is 1. The van der Waals surface area contributed by atoms with Gasteiger partial charge in [0.1, 0.15) is 18.2 Å². The van der Waals surface area contributed by atoms with Crippen LogP contribution < -0.4 is 20.3 Å². The average Bonchev–Trinajstić information content (AvgIpc) is 3.06. The first-order valence-corrected chi connectivity index (χ1v) is 15.8. The summed E-state index contributed by atoms with van der Waals surface area (Å²) in [6.07, 6.45) is 8.46. The molecule has 1 aromatic heterocycles. The van der Waals surface area contributed by atoms with E-state index >= 15 is 0 Å². The minimum absolute atomic E-state index is 0.167. The Bertz CT molecular complexity index is 1430. The lowest BCUT2D eigenvalue weighted by molar-refractivity contribution is -0.143.